The van der Waals surface area contributed by atoms with Crippen LogP contribution in [0.15, 0.2) is 267 Å². The minimum atomic E-state index is 1.08. The number of fused-ring (bicyclic) bond motifs is 2. The molecule has 0 amide bonds. The normalized spacial score (nSPS) is 11.1. The third-order valence-corrected chi connectivity index (χ3v) is 12.2. The van der Waals surface area contributed by atoms with Crippen molar-refractivity contribution >= 4 is 55.7 Å². The summed E-state index contributed by atoms with van der Waals surface area (Å²) >= 11 is 0. The van der Waals surface area contributed by atoms with E-state index >= 15 is 0 Å². The van der Waals surface area contributed by atoms with Gasteiger partial charge in [-0.1, -0.05) is 200 Å². The van der Waals surface area contributed by atoms with Gasteiger partial charge < -0.3 is 9.80 Å². The van der Waals surface area contributed by atoms with E-state index in [2.05, 4.69) is 277 Å². The molecule has 0 bridgehead atoms. The largest absolute Gasteiger partial charge is 0.310 e. The lowest BCUT2D eigenvalue weighted by Crippen LogP contribution is -2.11. The molecule has 0 aromatic heterocycles. The second-order valence-electron chi connectivity index (χ2n) is 16.2. The highest BCUT2D eigenvalue weighted by molar-refractivity contribution is 6.04. The Balaban J connectivity index is 0.995. The van der Waals surface area contributed by atoms with Crippen LogP contribution < -0.4 is 9.80 Å². The van der Waals surface area contributed by atoms with Gasteiger partial charge >= 0.3 is 0 Å². The van der Waals surface area contributed by atoms with Crippen LogP contribution in [0.5, 0.6) is 0 Å². The molecule has 0 unspecified atom stereocenters. The van der Waals surface area contributed by atoms with Gasteiger partial charge in [0.2, 0.25) is 0 Å². The summed E-state index contributed by atoms with van der Waals surface area (Å²) in [6.45, 7) is 0. The standard InChI is InChI=1S/C62H44N2/c1-4-16-45(17-5-1)48-30-36-55(37-31-48)63(58-43-53(46-18-6-2-7-19-46)42-54(44-58)47-20-8-3-9-21-47)56-38-32-49(33-39-56)50-34-40-57(41-35-50)64(61-28-14-24-51-22-10-12-26-59(51)61)62-29-15-25-52-23-11-13-27-60(52)62/h1-44H. The zero-order valence-corrected chi connectivity index (χ0v) is 35.3. The molecule has 0 fully saturated rings. The van der Waals surface area contributed by atoms with Crippen LogP contribution in [0.1, 0.15) is 0 Å². The van der Waals surface area contributed by atoms with E-state index in [0.29, 0.717) is 0 Å². The summed E-state index contributed by atoms with van der Waals surface area (Å²) in [5.41, 5.74) is 16.0. The molecule has 2 heteroatoms. The Labute approximate surface area is 375 Å². The molecule has 0 aliphatic carbocycles. The summed E-state index contributed by atoms with van der Waals surface area (Å²) in [5, 5.41) is 4.85. The maximum Gasteiger partial charge on any atom is 0.0540 e. The fourth-order valence-corrected chi connectivity index (χ4v) is 9.04. The molecule has 0 N–H and O–H groups in total. The monoisotopic (exact) mass is 816 g/mol. The molecule has 0 heterocycles. The SMILES string of the molecule is c1ccc(-c2ccc(N(c3ccc(-c4ccc(N(c5cccc6ccccc56)c5cccc6ccccc56)cc4)cc3)c3cc(-c4ccccc4)cc(-c4ccccc4)c3)cc2)cc1. The Bertz CT molecular complexity index is 3200. The summed E-state index contributed by atoms with van der Waals surface area (Å²) in [5.74, 6) is 0. The van der Waals surface area contributed by atoms with E-state index in [9.17, 15) is 0 Å². The average Bonchev–Trinajstić information content (AvgIpc) is 3.38. The van der Waals surface area contributed by atoms with Crippen molar-refractivity contribution in [1.82, 2.24) is 0 Å². The van der Waals surface area contributed by atoms with Crippen LogP contribution in [0, 0.1) is 0 Å². The van der Waals surface area contributed by atoms with Crippen LogP contribution in [-0.2, 0) is 0 Å². The van der Waals surface area contributed by atoms with Crippen molar-refractivity contribution in [3.63, 3.8) is 0 Å². The molecule has 11 aromatic carbocycles. The quantitative estimate of drug-likeness (QED) is 0.136. The van der Waals surface area contributed by atoms with Crippen molar-refractivity contribution in [1.29, 1.82) is 0 Å². The molecule has 0 aliphatic rings. The van der Waals surface area contributed by atoms with Gasteiger partial charge in [0.05, 0.1) is 11.4 Å². The number of rotatable bonds is 10. The van der Waals surface area contributed by atoms with Gasteiger partial charge in [-0.05, 0) is 122 Å². The van der Waals surface area contributed by atoms with E-state index < -0.39 is 0 Å². The van der Waals surface area contributed by atoms with Gasteiger partial charge in [0.25, 0.3) is 0 Å². The van der Waals surface area contributed by atoms with Crippen LogP contribution >= 0.6 is 0 Å². The fourth-order valence-electron chi connectivity index (χ4n) is 9.04. The number of benzene rings is 11. The molecule has 2 nitrogen and oxygen atoms in total. The van der Waals surface area contributed by atoms with Crippen LogP contribution in [0.3, 0.4) is 0 Å². The van der Waals surface area contributed by atoms with E-state index in [1.807, 2.05) is 0 Å². The molecule has 64 heavy (non-hydrogen) atoms. The number of hydrogen-bond donors (Lipinski definition) is 0. The minimum absolute atomic E-state index is 1.08. The summed E-state index contributed by atoms with van der Waals surface area (Å²) in [6.07, 6.45) is 0. The molecule has 0 saturated heterocycles. The summed E-state index contributed by atoms with van der Waals surface area (Å²) in [4.78, 5) is 4.79. The maximum absolute atomic E-state index is 2.41. The Kier molecular flexibility index (Phi) is 10.3. The lowest BCUT2D eigenvalue weighted by atomic mass is 9.97. The average molecular weight is 817 g/mol. The van der Waals surface area contributed by atoms with Crippen molar-refractivity contribution in [2.45, 2.75) is 0 Å². The molecule has 0 radical (unpaired) electrons. The summed E-state index contributed by atoms with van der Waals surface area (Å²) in [7, 11) is 0. The number of anilines is 6. The first kappa shape index (κ1) is 38.5. The molecular weight excluding hydrogens is 773 g/mol. The topological polar surface area (TPSA) is 6.48 Å². The Morgan fingerprint density at radius 2 is 0.500 bits per heavy atom. The second kappa shape index (κ2) is 17.1. The van der Waals surface area contributed by atoms with Crippen molar-refractivity contribution in [2.24, 2.45) is 0 Å². The first-order valence-electron chi connectivity index (χ1n) is 21.9. The van der Waals surface area contributed by atoms with E-state index in [4.69, 9.17) is 0 Å². The van der Waals surface area contributed by atoms with Gasteiger partial charge in [-0.2, -0.15) is 0 Å². The van der Waals surface area contributed by atoms with Crippen LogP contribution in [-0.4, -0.2) is 0 Å². The number of nitrogens with zero attached hydrogens (tertiary/aromatic N) is 2. The molecule has 302 valence electrons. The van der Waals surface area contributed by atoms with Gasteiger partial charge in [-0.3, -0.25) is 0 Å². The molecule has 0 spiro atoms. The second-order valence-corrected chi connectivity index (χ2v) is 16.2. The Hall–Kier alpha value is -8.46. The third kappa shape index (κ3) is 7.59. The van der Waals surface area contributed by atoms with Crippen molar-refractivity contribution in [3.8, 4) is 44.5 Å². The van der Waals surface area contributed by atoms with Crippen LogP contribution in [0.4, 0.5) is 34.1 Å². The molecule has 11 rings (SSSR count). The van der Waals surface area contributed by atoms with Crippen molar-refractivity contribution in [3.05, 3.63) is 267 Å². The summed E-state index contributed by atoms with van der Waals surface area (Å²) < 4.78 is 0. The molecule has 0 aliphatic heterocycles. The lowest BCUT2D eigenvalue weighted by Gasteiger charge is -2.28. The fraction of sp³-hybridized carbons (Fsp3) is 0. The molecular formula is C62H44N2. The first-order valence-corrected chi connectivity index (χ1v) is 21.9. The van der Waals surface area contributed by atoms with Crippen molar-refractivity contribution < 1.29 is 0 Å². The van der Waals surface area contributed by atoms with Gasteiger partial charge in [0.15, 0.2) is 0 Å². The van der Waals surface area contributed by atoms with Crippen LogP contribution in [0.25, 0.3) is 66.1 Å². The zero-order valence-electron chi connectivity index (χ0n) is 35.3. The molecule has 0 atom stereocenters. The highest BCUT2D eigenvalue weighted by Crippen LogP contribution is 2.44. The predicted octanol–water partition coefficient (Wildman–Crippen LogP) is 17.6. The minimum Gasteiger partial charge on any atom is -0.310 e. The zero-order chi connectivity index (χ0) is 42.7. The maximum atomic E-state index is 2.41. The molecule has 0 saturated carbocycles. The van der Waals surface area contributed by atoms with E-state index in [0.717, 1.165) is 45.3 Å². The Morgan fingerprint density at radius 3 is 0.906 bits per heavy atom. The predicted molar refractivity (Wildman–Crippen MR) is 273 cm³/mol. The summed E-state index contributed by atoms with van der Waals surface area (Å²) in [6, 6.07) is 96.3. The van der Waals surface area contributed by atoms with Gasteiger partial charge in [0, 0.05) is 33.5 Å². The van der Waals surface area contributed by atoms with Gasteiger partial charge in [-0.25, -0.2) is 0 Å². The smallest absolute Gasteiger partial charge is 0.0540 e. The third-order valence-electron chi connectivity index (χ3n) is 12.2. The van der Waals surface area contributed by atoms with Gasteiger partial charge in [-0.15, -0.1) is 0 Å². The van der Waals surface area contributed by atoms with Gasteiger partial charge in [0.1, 0.15) is 0 Å². The highest BCUT2D eigenvalue weighted by atomic mass is 15.1. The Morgan fingerprint density at radius 1 is 0.188 bits per heavy atom. The van der Waals surface area contributed by atoms with Crippen LogP contribution in [0.2, 0.25) is 0 Å². The lowest BCUT2D eigenvalue weighted by molar-refractivity contribution is 1.28. The van der Waals surface area contributed by atoms with E-state index in [1.165, 1.54) is 54.9 Å². The molecule has 11 aromatic rings. The van der Waals surface area contributed by atoms with Crippen molar-refractivity contribution in [2.75, 3.05) is 9.80 Å². The van der Waals surface area contributed by atoms with E-state index in [-0.39, 0.29) is 0 Å². The number of hydrogen-bond acceptors (Lipinski definition) is 2. The highest BCUT2D eigenvalue weighted by Gasteiger charge is 2.19. The van der Waals surface area contributed by atoms with E-state index in [1.54, 1.807) is 0 Å². The first-order chi connectivity index (χ1) is 31.7.